The van der Waals surface area contributed by atoms with Crippen molar-refractivity contribution in [3.05, 3.63) is 24.3 Å². The monoisotopic (exact) mass is 247 g/mol. The molecule has 0 fully saturated rings. The number of carbonyl (C=O) groups excluding carboxylic acids is 1. The molecule has 0 saturated carbocycles. The first-order valence-corrected chi connectivity index (χ1v) is 5.67. The van der Waals surface area contributed by atoms with Gasteiger partial charge >= 0.3 is 6.03 Å². The van der Waals surface area contributed by atoms with Crippen molar-refractivity contribution in [1.29, 1.82) is 5.26 Å². The summed E-state index contributed by atoms with van der Waals surface area (Å²) in [6, 6.07) is 8.74. The smallest absolute Gasteiger partial charge is 0.322 e. The molecule has 0 saturated heterocycles. The average Bonchev–Trinajstić information content (AvgIpc) is 2.35. The van der Waals surface area contributed by atoms with Gasteiger partial charge in [0.1, 0.15) is 12.3 Å². The van der Waals surface area contributed by atoms with Gasteiger partial charge in [-0.05, 0) is 26.0 Å². The van der Waals surface area contributed by atoms with E-state index in [1.807, 2.05) is 19.9 Å². The molecule has 18 heavy (non-hydrogen) atoms. The molecule has 0 aliphatic carbocycles. The van der Waals surface area contributed by atoms with E-state index >= 15 is 0 Å². The van der Waals surface area contributed by atoms with Gasteiger partial charge in [0, 0.05) is 17.8 Å². The van der Waals surface area contributed by atoms with Crippen LogP contribution in [0.4, 0.5) is 10.5 Å². The number of hydrogen-bond donors (Lipinski definition) is 1. The molecule has 1 aromatic rings. The van der Waals surface area contributed by atoms with E-state index in [1.165, 1.54) is 4.90 Å². The van der Waals surface area contributed by atoms with Crippen molar-refractivity contribution in [1.82, 2.24) is 4.90 Å². The van der Waals surface area contributed by atoms with Crippen LogP contribution in [0, 0.1) is 11.3 Å². The van der Waals surface area contributed by atoms with Gasteiger partial charge in [0.05, 0.1) is 13.2 Å². The van der Waals surface area contributed by atoms with Crippen molar-refractivity contribution in [3.8, 4) is 11.8 Å². The topological polar surface area (TPSA) is 65.4 Å². The number of methoxy groups -OCH3 is 1. The molecule has 0 unspecified atom stereocenters. The second-order valence-electron chi connectivity index (χ2n) is 4.04. The number of anilines is 1. The summed E-state index contributed by atoms with van der Waals surface area (Å²) in [4.78, 5) is 13.4. The Labute approximate surface area is 107 Å². The maximum absolute atomic E-state index is 12.0. The van der Waals surface area contributed by atoms with Crippen LogP contribution in [0.25, 0.3) is 0 Å². The van der Waals surface area contributed by atoms with E-state index in [-0.39, 0.29) is 18.6 Å². The second-order valence-corrected chi connectivity index (χ2v) is 4.04. The summed E-state index contributed by atoms with van der Waals surface area (Å²) in [5.41, 5.74) is 0.642. The van der Waals surface area contributed by atoms with Crippen molar-refractivity contribution < 1.29 is 9.53 Å². The summed E-state index contributed by atoms with van der Waals surface area (Å²) < 4.78 is 5.07. The molecule has 5 heteroatoms. The molecule has 5 nitrogen and oxygen atoms in total. The summed E-state index contributed by atoms with van der Waals surface area (Å²) in [7, 11) is 1.57. The Kier molecular flexibility index (Phi) is 5.00. The summed E-state index contributed by atoms with van der Waals surface area (Å²) in [6.45, 7) is 3.79. The summed E-state index contributed by atoms with van der Waals surface area (Å²) in [5, 5.41) is 11.4. The highest BCUT2D eigenvalue weighted by Crippen LogP contribution is 2.17. The SMILES string of the molecule is COc1cccc(NC(=O)N(CC#N)C(C)C)c1. The predicted molar refractivity (Wildman–Crippen MR) is 69.5 cm³/mol. The Hall–Kier alpha value is -2.22. The van der Waals surface area contributed by atoms with Crippen LogP contribution in [0.1, 0.15) is 13.8 Å². The van der Waals surface area contributed by atoms with Crippen LogP contribution in [0.15, 0.2) is 24.3 Å². The lowest BCUT2D eigenvalue weighted by atomic mass is 10.3. The number of nitrogens with one attached hydrogen (secondary N) is 1. The highest BCUT2D eigenvalue weighted by Gasteiger charge is 2.16. The number of hydrogen-bond acceptors (Lipinski definition) is 3. The van der Waals surface area contributed by atoms with Gasteiger partial charge in [-0.1, -0.05) is 6.07 Å². The first kappa shape index (κ1) is 13.8. The van der Waals surface area contributed by atoms with Gasteiger partial charge in [-0.15, -0.1) is 0 Å². The third-order valence-corrected chi connectivity index (χ3v) is 2.45. The molecule has 0 radical (unpaired) electrons. The minimum absolute atomic E-state index is 0.0322. The molecule has 1 rings (SSSR count). The van der Waals surface area contributed by atoms with Crippen molar-refractivity contribution in [2.75, 3.05) is 19.0 Å². The zero-order chi connectivity index (χ0) is 13.5. The van der Waals surface area contributed by atoms with Crippen LogP contribution < -0.4 is 10.1 Å². The maximum Gasteiger partial charge on any atom is 0.322 e. The normalized spacial score (nSPS) is 9.72. The molecule has 0 atom stereocenters. The number of nitriles is 1. The van der Waals surface area contributed by atoms with Crippen molar-refractivity contribution in [2.45, 2.75) is 19.9 Å². The van der Waals surface area contributed by atoms with Gasteiger partial charge < -0.3 is 15.0 Å². The first-order chi connectivity index (χ1) is 8.58. The number of urea groups is 1. The average molecular weight is 247 g/mol. The lowest BCUT2D eigenvalue weighted by Gasteiger charge is -2.24. The van der Waals surface area contributed by atoms with E-state index in [0.717, 1.165) is 0 Å². The maximum atomic E-state index is 12.0. The van der Waals surface area contributed by atoms with E-state index in [0.29, 0.717) is 11.4 Å². The van der Waals surface area contributed by atoms with Gasteiger partial charge in [0.15, 0.2) is 0 Å². The van der Waals surface area contributed by atoms with Crippen molar-refractivity contribution >= 4 is 11.7 Å². The van der Waals surface area contributed by atoms with Gasteiger partial charge in [-0.25, -0.2) is 4.79 Å². The molecule has 0 heterocycles. The predicted octanol–water partition coefficient (Wildman–Crippen LogP) is 2.46. The van der Waals surface area contributed by atoms with E-state index in [2.05, 4.69) is 5.32 Å². The van der Waals surface area contributed by atoms with Crippen LogP contribution in [0.2, 0.25) is 0 Å². The number of benzene rings is 1. The first-order valence-electron chi connectivity index (χ1n) is 5.67. The fraction of sp³-hybridized carbons (Fsp3) is 0.385. The quantitative estimate of drug-likeness (QED) is 0.831. The van der Waals surface area contributed by atoms with Gasteiger partial charge in [0.2, 0.25) is 0 Å². The summed E-state index contributed by atoms with van der Waals surface area (Å²) in [5.74, 6) is 0.671. The number of nitrogens with zero attached hydrogens (tertiary/aromatic N) is 2. The van der Waals surface area contributed by atoms with Crippen LogP contribution >= 0.6 is 0 Å². The Morgan fingerprint density at radius 3 is 2.83 bits per heavy atom. The minimum Gasteiger partial charge on any atom is -0.497 e. The fourth-order valence-corrected chi connectivity index (χ4v) is 1.46. The van der Waals surface area contributed by atoms with Crippen molar-refractivity contribution in [2.24, 2.45) is 0 Å². The standard InChI is InChI=1S/C13H17N3O2/c1-10(2)16(8-7-14)13(17)15-11-5-4-6-12(9-11)18-3/h4-6,9-10H,8H2,1-3H3,(H,15,17). The lowest BCUT2D eigenvalue weighted by molar-refractivity contribution is 0.205. The van der Waals surface area contributed by atoms with Gasteiger partial charge in [0.25, 0.3) is 0 Å². The third kappa shape index (κ3) is 3.67. The highest BCUT2D eigenvalue weighted by atomic mass is 16.5. The van der Waals surface area contributed by atoms with Crippen LogP contribution in [-0.2, 0) is 0 Å². The molecule has 1 N–H and O–H groups in total. The lowest BCUT2D eigenvalue weighted by Crippen LogP contribution is -2.40. The Bertz CT molecular complexity index is 452. The molecular weight excluding hydrogens is 230 g/mol. The molecular formula is C13H17N3O2. The van der Waals surface area contributed by atoms with Gasteiger partial charge in [-0.3, -0.25) is 0 Å². The molecule has 0 spiro atoms. The Morgan fingerprint density at radius 1 is 1.56 bits per heavy atom. The molecule has 0 bridgehead atoms. The molecule has 0 aromatic heterocycles. The number of ether oxygens (including phenoxy) is 1. The second kappa shape index (κ2) is 6.50. The van der Waals surface area contributed by atoms with Crippen LogP contribution in [0.5, 0.6) is 5.75 Å². The molecule has 1 aromatic carbocycles. The minimum atomic E-state index is -0.292. The van der Waals surface area contributed by atoms with E-state index < -0.39 is 0 Å². The van der Waals surface area contributed by atoms with Crippen LogP contribution in [-0.4, -0.2) is 30.6 Å². The van der Waals surface area contributed by atoms with E-state index in [1.54, 1.807) is 31.4 Å². The van der Waals surface area contributed by atoms with Crippen LogP contribution in [0.3, 0.4) is 0 Å². The Balaban J connectivity index is 2.76. The van der Waals surface area contributed by atoms with Crippen molar-refractivity contribution in [3.63, 3.8) is 0 Å². The van der Waals surface area contributed by atoms with Gasteiger partial charge in [-0.2, -0.15) is 5.26 Å². The number of amides is 2. The summed E-state index contributed by atoms with van der Waals surface area (Å²) in [6.07, 6.45) is 0. The number of rotatable bonds is 4. The molecule has 96 valence electrons. The fourth-order valence-electron chi connectivity index (χ4n) is 1.46. The Morgan fingerprint density at radius 2 is 2.28 bits per heavy atom. The van der Waals surface area contributed by atoms with E-state index in [9.17, 15) is 4.79 Å². The third-order valence-electron chi connectivity index (χ3n) is 2.45. The number of carbonyl (C=O) groups is 1. The molecule has 0 aliphatic heterocycles. The van der Waals surface area contributed by atoms with E-state index in [4.69, 9.17) is 10.00 Å². The summed E-state index contributed by atoms with van der Waals surface area (Å²) >= 11 is 0. The zero-order valence-corrected chi connectivity index (χ0v) is 10.8. The largest absolute Gasteiger partial charge is 0.497 e. The molecule has 0 aliphatic rings. The highest BCUT2D eigenvalue weighted by molar-refractivity contribution is 5.89. The molecule has 2 amide bonds. The zero-order valence-electron chi connectivity index (χ0n) is 10.8.